The van der Waals surface area contributed by atoms with Gasteiger partial charge in [-0.25, -0.2) is 17.9 Å². The van der Waals surface area contributed by atoms with E-state index in [0.29, 0.717) is 22.0 Å². The molecule has 0 fully saturated rings. The molecule has 33 heavy (non-hydrogen) atoms. The van der Waals surface area contributed by atoms with Gasteiger partial charge in [0.1, 0.15) is 5.76 Å². The molecule has 3 rings (SSSR count). The number of hydrogen-bond acceptors (Lipinski definition) is 6. The molecule has 0 spiro atoms. The third-order valence-electron chi connectivity index (χ3n) is 4.42. The van der Waals surface area contributed by atoms with Gasteiger partial charge in [-0.1, -0.05) is 23.7 Å². The highest BCUT2D eigenvalue weighted by Crippen LogP contribution is 2.29. The van der Waals surface area contributed by atoms with Crippen molar-refractivity contribution in [3.05, 3.63) is 71.4 Å². The first-order valence-electron chi connectivity index (χ1n) is 10.1. The van der Waals surface area contributed by atoms with Crippen LogP contribution in [0, 0.1) is 0 Å². The minimum atomic E-state index is -3.64. The third kappa shape index (κ3) is 6.22. The number of furan rings is 1. The summed E-state index contributed by atoms with van der Waals surface area (Å²) in [6.45, 7) is 4.85. The summed E-state index contributed by atoms with van der Waals surface area (Å²) in [4.78, 5) is 24.9. The van der Waals surface area contributed by atoms with E-state index >= 15 is 0 Å². The van der Waals surface area contributed by atoms with Crippen molar-refractivity contribution >= 4 is 39.2 Å². The van der Waals surface area contributed by atoms with Gasteiger partial charge in [0, 0.05) is 17.3 Å². The summed E-state index contributed by atoms with van der Waals surface area (Å²) in [6, 6.07) is 15.4. The van der Waals surface area contributed by atoms with Crippen LogP contribution in [0.2, 0.25) is 5.02 Å². The molecule has 0 aliphatic heterocycles. The first-order valence-corrected chi connectivity index (χ1v) is 11.9. The van der Waals surface area contributed by atoms with E-state index in [1.54, 1.807) is 44.2 Å². The molecule has 0 saturated heterocycles. The number of benzene rings is 2. The predicted octanol–water partition coefficient (Wildman–Crippen LogP) is 4.47. The second kappa shape index (κ2) is 10.2. The van der Waals surface area contributed by atoms with E-state index in [-0.39, 0.29) is 16.7 Å². The first-order chi connectivity index (χ1) is 15.6. The number of nitrogens with one attached hydrogen (secondary N) is 2. The van der Waals surface area contributed by atoms with Crippen molar-refractivity contribution in [2.75, 3.05) is 5.32 Å². The number of ether oxygens (including phenoxy) is 1. The van der Waals surface area contributed by atoms with Crippen LogP contribution in [0.15, 0.2) is 70.0 Å². The Kier molecular flexibility index (Phi) is 7.57. The van der Waals surface area contributed by atoms with Crippen molar-refractivity contribution in [2.45, 2.75) is 37.8 Å². The van der Waals surface area contributed by atoms with E-state index < -0.39 is 28.0 Å². The number of rotatable bonds is 8. The average Bonchev–Trinajstić information content (AvgIpc) is 3.23. The van der Waals surface area contributed by atoms with Gasteiger partial charge in [-0.15, -0.1) is 0 Å². The van der Waals surface area contributed by atoms with Crippen LogP contribution in [0.5, 0.6) is 0 Å². The Morgan fingerprint density at radius 3 is 2.27 bits per heavy atom. The summed E-state index contributed by atoms with van der Waals surface area (Å²) in [7, 11) is -3.64. The summed E-state index contributed by atoms with van der Waals surface area (Å²) in [5, 5.41) is 3.05. The van der Waals surface area contributed by atoms with Gasteiger partial charge in [0.25, 0.3) is 5.91 Å². The van der Waals surface area contributed by atoms with Crippen LogP contribution in [-0.2, 0) is 19.6 Å². The van der Waals surface area contributed by atoms with Crippen LogP contribution in [-0.4, -0.2) is 32.4 Å². The van der Waals surface area contributed by atoms with E-state index in [0.717, 1.165) is 0 Å². The average molecular weight is 491 g/mol. The lowest BCUT2D eigenvalue weighted by atomic mass is 10.2. The number of anilines is 1. The van der Waals surface area contributed by atoms with E-state index in [9.17, 15) is 18.0 Å². The molecule has 0 radical (unpaired) electrons. The number of carbonyl (C=O) groups excluding carboxylic acids is 2. The standard InChI is InChI=1S/C23H23ClN2O6S/c1-14(2)26-33(29,30)17-10-8-16(9-11-17)25-22(27)15(3)31-23(28)21-13-12-20(32-21)18-6-4-5-7-19(18)24/h4-15,26H,1-3H3,(H,25,27)/t15-/m1/s1. The molecule has 0 unspecified atom stereocenters. The fourth-order valence-corrected chi connectivity index (χ4v) is 4.35. The van der Waals surface area contributed by atoms with Gasteiger partial charge in [0.05, 0.1) is 9.92 Å². The monoisotopic (exact) mass is 490 g/mol. The van der Waals surface area contributed by atoms with Crippen molar-refractivity contribution in [3.63, 3.8) is 0 Å². The number of sulfonamides is 1. The molecule has 1 heterocycles. The maximum absolute atomic E-state index is 12.4. The Labute approximate surface area is 196 Å². The Balaban J connectivity index is 1.61. The predicted molar refractivity (Wildman–Crippen MR) is 125 cm³/mol. The quantitative estimate of drug-likeness (QED) is 0.450. The number of amides is 1. The smallest absolute Gasteiger partial charge is 0.375 e. The van der Waals surface area contributed by atoms with Crippen molar-refractivity contribution in [1.29, 1.82) is 0 Å². The van der Waals surface area contributed by atoms with Gasteiger partial charge in [0.2, 0.25) is 15.8 Å². The molecule has 8 nitrogen and oxygen atoms in total. The third-order valence-corrected chi connectivity index (χ3v) is 6.43. The topological polar surface area (TPSA) is 115 Å². The number of hydrogen-bond donors (Lipinski definition) is 2. The minimum Gasteiger partial charge on any atom is -0.449 e. The van der Waals surface area contributed by atoms with E-state index in [1.165, 1.54) is 37.3 Å². The van der Waals surface area contributed by atoms with E-state index in [2.05, 4.69) is 10.0 Å². The van der Waals surface area contributed by atoms with Crippen molar-refractivity contribution in [1.82, 2.24) is 4.72 Å². The summed E-state index contributed by atoms with van der Waals surface area (Å²) in [6.07, 6.45) is -1.13. The van der Waals surface area contributed by atoms with E-state index in [4.69, 9.17) is 20.8 Å². The maximum atomic E-state index is 12.4. The van der Waals surface area contributed by atoms with Crippen LogP contribution in [0.25, 0.3) is 11.3 Å². The second-order valence-corrected chi connectivity index (χ2v) is 9.60. The zero-order valence-electron chi connectivity index (χ0n) is 18.2. The zero-order chi connectivity index (χ0) is 24.2. The second-order valence-electron chi connectivity index (χ2n) is 7.48. The molecule has 3 aromatic rings. The molecule has 1 atom stereocenters. The molecular weight excluding hydrogens is 468 g/mol. The van der Waals surface area contributed by atoms with Crippen molar-refractivity contribution in [2.24, 2.45) is 0 Å². The Morgan fingerprint density at radius 2 is 1.64 bits per heavy atom. The zero-order valence-corrected chi connectivity index (χ0v) is 19.7. The molecule has 1 amide bonds. The molecule has 2 aromatic carbocycles. The molecule has 1 aromatic heterocycles. The van der Waals surface area contributed by atoms with Crippen molar-refractivity contribution < 1.29 is 27.2 Å². The molecule has 174 valence electrons. The Bertz CT molecular complexity index is 1250. The molecule has 0 aliphatic rings. The fraction of sp³-hybridized carbons (Fsp3) is 0.217. The molecule has 0 aliphatic carbocycles. The van der Waals surface area contributed by atoms with Crippen LogP contribution in [0.3, 0.4) is 0 Å². The summed E-state index contributed by atoms with van der Waals surface area (Å²) in [5.41, 5.74) is 0.975. The van der Waals surface area contributed by atoms with Crippen molar-refractivity contribution in [3.8, 4) is 11.3 Å². The maximum Gasteiger partial charge on any atom is 0.375 e. The Morgan fingerprint density at radius 1 is 0.970 bits per heavy atom. The number of carbonyl (C=O) groups is 2. The lowest BCUT2D eigenvalue weighted by Crippen LogP contribution is -2.30. The van der Waals surface area contributed by atoms with Gasteiger partial charge >= 0.3 is 5.97 Å². The minimum absolute atomic E-state index is 0.0702. The highest BCUT2D eigenvalue weighted by molar-refractivity contribution is 7.89. The van der Waals surface area contributed by atoms with E-state index in [1.807, 2.05) is 0 Å². The normalized spacial score (nSPS) is 12.4. The number of esters is 1. The van der Waals surface area contributed by atoms with Gasteiger partial charge in [0.15, 0.2) is 6.10 Å². The summed E-state index contributed by atoms with van der Waals surface area (Å²) >= 11 is 6.14. The van der Waals surface area contributed by atoms with Crippen LogP contribution in [0.4, 0.5) is 5.69 Å². The summed E-state index contributed by atoms with van der Waals surface area (Å²) in [5.74, 6) is -1.07. The SMILES string of the molecule is CC(C)NS(=O)(=O)c1ccc(NC(=O)[C@@H](C)OC(=O)c2ccc(-c3ccccc3Cl)o2)cc1. The summed E-state index contributed by atoms with van der Waals surface area (Å²) < 4.78 is 37.6. The van der Waals surface area contributed by atoms with Crippen LogP contribution >= 0.6 is 11.6 Å². The highest BCUT2D eigenvalue weighted by Gasteiger charge is 2.22. The molecule has 0 saturated carbocycles. The van der Waals surface area contributed by atoms with Crippen LogP contribution in [0.1, 0.15) is 31.3 Å². The molecule has 10 heteroatoms. The number of halogens is 1. The van der Waals surface area contributed by atoms with Gasteiger partial charge in [-0.2, -0.15) is 0 Å². The Hall–Kier alpha value is -3.14. The molecule has 0 bridgehead atoms. The van der Waals surface area contributed by atoms with Crippen LogP contribution < -0.4 is 10.0 Å². The lowest BCUT2D eigenvalue weighted by Gasteiger charge is -2.13. The lowest BCUT2D eigenvalue weighted by molar-refractivity contribution is -0.123. The first kappa shape index (κ1) is 24.5. The van der Waals surface area contributed by atoms with Gasteiger partial charge in [-0.3, -0.25) is 4.79 Å². The molecule has 2 N–H and O–H groups in total. The highest BCUT2D eigenvalue weighted by atomic mass is 35.5. The molecular formula is C23H23ClN2O6S. The van der Waals surface area contributed by atoms with Gasteiger partial charge < -0.3 is 14.5 Å². The fourth-order valence-electron chi connectivity index (χ4n) is 2.87. The van der Waals surface area contributed by atoms with Gasteiger partial charge in [-0.05, 0) is 69.3 Å². The largest absolute Gasteiger partial charge is 0.449 e.